The van der Waals surface area contributed by atoms with Crippen LogP contribution in [0.1, 0.15) is 23.6 Å². The number of nitrogens with zero attached hydrogens (tertiary/aromatic N) is 2. The lowest BCUT2D eigenvalue weighted by Gasteiger charge is -2.29. The molecule has 2 saturated heterocycles. The van der Waals surface area contributed by atoms with Gasteiger partial charge < -0.3 is 14.7 Å². The Balaban J connectivity index is 1.66. The fraction of sp³-hybridized carbons (Fsp3) is 0.333. The third-order valence-electron chi connectivity index (χ3n) is 5.82. The maximum atomic E-state index is 13.0. The van der Waals surface area contributed by atoms with Crippen LogP contribution in [0.25, 0.3) is 5.76 Å². The van der Waals surface area contributed by atoms with Crippen LogP contribution in [0.5, 0.6) is 0 Å². The van der Waals surface area contributed by atoms with Crippen LogP contribution in [0, 0.1) is 0 Å². The Morgan fingerprint density at radius 3 is 2.34 bits per heavy atom. The molecule has 2 aliphatic rings. The van der Waals surface area contributed by atoms with E-state index in [1.807, 2.05) is 24.3 Å². The number of rotatable bonds is 6. The Morgan fingerprint density at radius 1 is 1.03 bits per heavy atom. The van der Waals surface area contributed by atoms with Gasteiger partial charge in [-0.3, -0.25) is 14.5 Å². The molecule has 2 aliphatic heterocycles. The van der Waals surface area contributed by atoms with Gasteiger partial charge in [0, 0.05) is 41.2 Å². The van der Waals surface area contributed by atoms with Crippen molar-refractivity contribution in [2.24, 2.45) is 0 Å². The smallest absolute Gasteiger partial charge is 0.295 e. The van der Waals surface area contributed by atoms with E-state index in [4.69, 9.17) is 16.3 Å². The highest BCUT2D eigenvalue weighted by molar-refractivity contribution is 9.10. The molecular formula is C24H24BrClN2O4. The fourth-order valence-corrected chi connectivity index (χ4v) is 4.55. The molecule has 32 heavy (non-hydrogen) atoms. The molecule has 1 amide bonds. The zero-order valence-electron chi connectivity index (χ0n) is 17.5. The number of hydrogen-bond acceptors (Lipinski definition) is 5. The topological polar surface area (TPSA) is 70.1 Å². The van der Waals surface area contributed by atoms with Crippen LogP contribution in [0.15, 0.2) is 58.6 Å². The van der Waals surface area contributed by atoms with Crippen LogP contribution in [-0.2, 0) is 14.3 Å². The average Bonchev–Trinajstić information content (AvgIpc) is 3.05. The molecule has 0 saturated carbocycles. The molecule has 2 aromatic carbocycles. The van der Waals surface area contributed by atoms with Gasteiger partial charge in [-0.15, -0.1) is 0 Å². The van der Waals surface area contributed by atoms with Crippen LogP contribution >= 0.6 is 27.5 Å². The third kappa shape index (κ3) is 4.91. The number of ketones is 1. The molecule has 2 heterocycles. The summed E-state index contributed by atoms with van der Waals surface area (Å²) in [6.07, 6.45) is 0.723. The number of hydrogen-bond donors (Lipinski definition) is 1. The van der Waals surface area contributed by atoms with Crippen LogP contribution in [0.2, 0.25) is 5.02 Å². The second-order valence-electron chi connectivity index (χ2n) is 7.86. The first-order valence-corrected chi connectivity index (χ1v) is 11.7. The van der Waals surface area contributed by atoms with Gasteiger partial charge in [0.1, 0.15) is 5.76 Å². The van der Waals surface area contributed by atoms with E-state index in [1.165, 1.54) is 0 Å². The number of halogens is 2. The van der Waals surface area contributed by atoms with Gasteiger partial charge in [0.25, 0.3) is 11.7 Å². The number of ether oxygens (including phenoxy) is 1. The molecule has 1 N–H and O–H groups in total. The van der Waals surface area contributed by atoms with E-state index in [2.05, 4.69) is 20.8 Å². The number of carbonyl (C=O) groups is 2. The summed E-state index contributed by atoms with van der Waals surface area (Å²) in [5, 5.41) is 11.6. The van der Waals surface area contributed by atoms with Gasteiger partial charge in [0.05, 0.1) is 24.8 Å². The van der Waals surface area contributed by atoms with Crippen LogP contribution in [0.3, 0.4) is 0 Å². The lowest BCUT2D eigenvalue weighted by Crippen LogP contribution is -2.38. The van der Waals surface area contributed by atoms with Gasteiger partial charge in [-0.2, -0.15) is 0 Å². The highest BCUT2D eigenvalue weighted by Crippen LogP contribution is 2.39. The number of Topliss-reactive ketones (excluding diaryl/α,β-unsaturated/α-hetero) is 1. The summed E-state index contributed by atoms with van der Waals surface area (Å²) in [5.41, 5.74) is 1.32. The molecule has 2 aromatic rings. The minimum atomic E-state index is -0.670. The van der Waals surface area contributed by atoms with Crippen molar-refractivity contribution in [1.29, 1.82) is 0 Å². The molecule has 0 unspecified atom stereocenters. The van der Waals surface area contributed by atoms with Crippen molar-refractivity contribution in [2.45, 2.75) is 12.5 Å². The maximum Gasteiger partial charge on any atom is 0.295 e. The van der Waals surface area contributed by atoms with Crippen molar-refractivity contribution in [3.05, 3.63) is 74.7 Å². The predicted octanol–water partition coefficient (Wildman–Crippen LogP) is 4.25. The van der Waals surface area contributed by atoms with E-state index in [-0.39, 0.29) is 11.3 Å². The van der Waals surface area contributed by atoms with E-state index in [0.717, 1.165) is 36.1 Å². The molecule has 0 aromatic heterocycles. The van der Waals surface area contributed by atoms with E-state index in [0.29, 0.717) is 30.3 Å². The minimum Gasteiger partial charge on any atom is -0.507 e. The standard InChI is InChI=1S/C24H24BrClN2O4/c25-18-6-2-16(3-7-18)21-20(22(29)17-4-8-19(26)9-5-17)23(30)24(31)28(21)11-1-10-27-12-14-32-15-13-27/h2-9,21,29H,1,10-15H2/t21-/m1/s1. The molecule has 0 aliphatic carbocycles. The molecule has 4 rings (SSSR count). The Labute approximate surface area is 200 Å². The van der Waals surface area contributed by atoms with Gasteiger partial charge in [-0.05, 0) is 48.4 Å². The van der Waals surface area contributed by atoms with Crippen molar-refractivity contribution in [3.63, 3.8) is 0 Å². The van der Waals surface area contributed by atoms with Crippen molar-refractivity contribution in [3.8, 4) is 0 Å². The Bertz CT molecular complexity index is 1020. The summed E-state index contributed by atoms with van der Waals surface area (Å²) in [6.45, 7) is 4.39. The Hall–Kier alpha value is -2.19. The number of amides is 1. The van der Waals surface area contributed by atoms with E-state index in [1.54, 1.807) is 29.2 Å². The summed E-state index contributed by atoms with van der Waals surface area (Å²) in [7, 11) is 0. The SMILES string of the molecule is O=C1C(=O)N(CCCN2CCOCC2)[C@H](c2ccc(Br)cc2)C1=C(O)c1ccc(Cl)cc1. The normalized spacial score (nSPS) is 21.3. The summed E-state index contributed by atoms with van der Waals surface area (Å²) in [6, 6.07) is 13.4. The van der Waals surface area contributed by atoms with Gasteiger partial charge >= 0.3 is 0 Å². The number of likely N-dealkylation sites (tertiary alicyclic amines) is 1. The second-order valence-corrected chi connectivity index (χ2v) is 9.21. The quantitative estimate of drug-likeness (QED) is 0.351. The first kappa shape index (κ1) is 23.0. The lowest BCUT2D eigenvalue weighted by molar-refractivity contribution is -0.140. The molecule has 0 radical (unpaired) electrons. The zero-order chi connectivity index (χ0) is 22.7. The number of carbonyl (C=O) groups excluding carboxylic acids is 2. The number of morpholine rings is 1. The van der Waals surface area contributed by atoms with Gasteiger partial charge in [0.2, 0.25) is 0 Å². The van der Waals surface area contributed by atoms with Gasteiger partial charge in [0.15, 0.2) is 0 Å². The second kappa shape index (κ2) is 10.2. The highest BCUT2D eigenvalue weighted by atomic mass is 79.9. The van der Waals surface area contributed by atoms with Crippen molar-refractivity contribution >= 4 is 45.0 Å². The molecule has 8 heteroatoms. The van der Waals surface area contributed by atoms with Gasteiger partial charge in [-0.25, -0.2) is 0 Å². The summed E-state index contributed by atoms with van der Waals surface area (Å²) in [4.78, 5) is 29.9. The molecule has 0 spiro atoms. The number of aliphatic hydroxyl groups is 1. The molecule has 6 nitrogen and oxygen atoms in total. The fourth-order valence-electron chi connectivity index (χ4n) is 4.15. The monoisotopic (exact) mass is 518 g/mol. The summed E-state index contributed by atoms with van der Waals surface area (Å²) < 4.78 is 6.28. The van der Waals surface area contributed by atoms with Crippen LogP contribution < -0.4 is 0 Å². The number of aliphatic hydroxyl groups excluding tert-OH is 1. The van der Waals surface area contributed by atoms with Crippen molar-refractivity contribution in [2.75, 3.05) is 39.4 Å². The maximum absolute atomic E-state index is 13.0. The largest absolute Gasteiger partial charge is 0.507 e. The molecule has 168 valence electrons. The molecule has 0 bridgehead atoms. The highest BCUT2D eigenvalue weighted by Gasteiger charge is 2.45. The Kier molecular flexibility index (Phi) is 7.30. The zero-order valence-corrected chi connectivity index (χ0v) is 19.8. The van der Waals surface area contributed by atoms with Crippen molar-refractivity contribution in [1.82, 2.24) is 9.80 Å². The molecule has 1 atom stereocenters. The molecular weight excluding hydrogens is 496 g/mol. The lowest BCUT2D eigenvalue weighted by atomic mass is 9.95. The van der Waals surface area contributed by atoms with E-state index >= 15 is 0 Å². The van der Waals surface area contributed by atoms with Gasteiger partial charge in [-0.1, -0.05) is 39.7 Å². The third-order valence-corrected chi connectivity index (χ3v) is 6.60. The minimum absolute atomic E-state index is 0.103. The summed E-state index contributed by atoms with van der Waals surface area (Å²) >= 11 is 9.40. The first-order chi connectivity index (χ1) is 15.5. The molecule has 2 fully saturated rings. The van der Waals surface area contributed by atoms with Crippen LogP contribution in [0.4, 0.5) is 0 Å². The summed E-state index contributed by atoms with van der Waals surface area (Å²) in [5.74, 6) is -1.45. The Morgan fingerprint density at radius 2 is 1.69 bits per heavy atom. The average molecular weight is 520 g/mol. The van der Waals surface area contributed by atoms with Crippen LogP contribution in [-0.4, -0.2) is 66.0 Å². The first-order valence-electron chi connectivity index (χ1n) is 10.6. The van der Waals surface area contributed by atoms with E-state index in [9.17, 15) is 14.7 Å². The van der Waals surface area contributed by atoms with Crippen molar-refractivity contribution < 1.29 is 19.4 Å². The van der Waals surface area contributed by atoms with E-state index < -0.39 is 17.7 Å². The number of benzene rings is 2. The predicted molar refractivity (Wildman–Crippen MR) is 126 cm³/mol.